The molecule has 2 unspecified atom stereocenters. The van der Waals surface area contributed by atoms with Crippen molar-refractivity contribution in [2.45, 2.75) is 33.7 Å². The normalized spacial score (nSPS) is 20.4. The number of amides is 2. The average molecular weight is 381 g/mol. The third kappa shape index (κ3) is 4.24. The van der Waals surface area contributed by atoms with Gasteiger partial charge in [-0.1, -0.05) is 26.8 Å². The number of benzene rings is 1. The van der Waals surface area contributed by atoms with Crippen molar-refractivity contribution in [2.24, 2.45) is 5.92 Å². The zero-order chi connectivity index (χ0) is 19.5. The van der Waals surface area contributed by atoms with Gasteiger partial charge in [-0.3, -0.25) is 14.5 Å². The lowest BCUT2D eigenvalue weighted by Gasteiger charge is -2.26. The molecular weight excluding hydrogens is 354 g/mol. The number of nitrogens with zero attached hydrogens (tertiary/aromatic N) is 2. The monoisotopic (exact) mass is 381 g/mol. The summed E-state index contributed by atoms with van der Waals surface area (Å²) in [5.41, 5.74) is 0.542. The zero-order valence-electron chi connectivity index (χ0n) is 15.7. The molecule has 0 bridgehead atoms. The Kier molecular flexibility index (Phi) is 6.41. The lowest BCUT2D eigenvalue weighted by molar-refractivity contribution is -0.119. The Morgan fingerprint density at radius 3 is 2.54 bits per heavy atom. The molecule has 0 spiro atoms. The molecule has 2 amide bonds. The third-order valence-corrected chi connectivity index (χ3v) is 6.57. The molecule has 1 aromatic rings. The molecule has 7 nitrogen and oxygen atoms in total. The fourth-order valence-corrected chi connectivity index (χ4v) is 4.99. The van der Waals surface area contributed by atoms with Gasteiger partial charge in [-0.05, 0) is 38.2 Å². The fraction of sp³-hybridized carbons (Fsp3) is 0.556. The van der Waals surface area contributed by atoms with E-state index in [0.29, 0.717) is 12.1 Å². The number of hydrogen-bond donors (Lipinski definition) is 1. The topological polar surface area (TPSA) is 86.8 Å². The summed E-state index contributed by atoms with van der Waals surface area (Å²) in [4.78, 5) is 26.9. The summed E-state index contributed by atoms with van der Waals surface area (Å²) < 4.78 is 25.3. The second-order valence-electron chi connectivity index (χ2n) is 6.61. The quantitative estimate of drug-likeness (QED) is 0.773. The predicted octanol–water partition coefficient (Wildman–Crippen LogP) is 1.46. The molecule has 1 aromatic carbocycles. The van der Waals surface area contributed by atoms with E-state index in [2.05, 4.69) is 24.1 Å². The van der Waals surface area contributed by atoms with E-state index in [1.165, 1.54) is 12.1 Å². The Morgan fingerprint density at radius 1 is 1.35 bits per heavy atom. The number of carbonyl (C=O) groups is 2. The highest BCUT2D eigenvalue weighted by atomic mass is 32.2. The van der Waals surface area contributed by atoms with Gasteiger partial charge in [-0.2, -0.15) is 0 Å². The molecule has 1 saturated heterocycles. The minimum atomic E-state index is -3.68. The van der Waals surface area contributed by atoms with E-state index in [9.17, 15) is 18.0 Å². The number of sulfonamides is 1. The Labute approximate surface area is 155 Å². The lowest BCUT2D eigenvalue weighted by atomic mass is 10.1. The predicted molar refractivity (Wildman–Crippen MR) is 102 cm³/mol. The van der Waals surface area contributed by atoms with Crippen LogP contribution in [0.15, 0.2) is 24.3 Å². The van der Waals surface area contributed by atoms with Crippen molar-refractivity contribution in [3.8, 4) is 0 Å². The molecule has 26 heavy (non-hydrogen) atoms. The van der Waals surface area contributed by atoms with E-state index >= 15 is 0 Å². The molecule has 8 heteroatoms. The molecule has 0 aliphatic carbocycles. The first kappa shape index (κ1) is 20.4. The minimum absolute atomic E-state index is 0.193. The van der Waals surface area contributed by atoms with Crippen molar-refractivity contribution in [3.05, 3.63) is 29.8 Å². The van der Waals surface area contributed by atoms with Crippen molar-refractivity contribution >= 4 is 27.5 Å². The van der Waals surface area contributed by atoms with Gasteiger partial charge >= 0.3 is 0 Å². The van der Waals surface area contributed by atoms with Crippen LogP contribution in [0.3, 0.4) is 0 Å². The van der Waals surface area contributed by atoms with E-state index in [1.54, 1.807) is 19.1 Å². The molecule has 1 aliphatic heterocycles. The van der Waals surface area contributed by atoms with Gasteiger partial charge in [-0.25, -0.2) is 12.7 Å². The first-order valence-corrected chi connectivity index (χ1v) is 10.5. The van der Waals surface area contributed by atoms with Gasteiger partial charge in [0.1, 0.15) is 0 Å². The summed E-state index contributed by atoms with van der Waals surface area (Å²) in [7, 11) is -3.68. The Hall–Kier alpha value is -1.93. The third-order valence-electron chi connectivity index (χ3n) is 4.70. The summed E-state index contributed by atoms with van der Waals surface area (Å²) in [6, 6.07) is 6.37. The molecule has 1 fully saturated rings. The highest BCUT2D eigenvalue weighted by Gasteiger charge is 2.42. The molecule has 144 valence electrons. The molecule has 2 rings (SSSR count). The van der Waals surface area contributed by atoms with E-state index in [-0.39, 0.29) is 23.4 Å². The van der Waals surface area contributed by atoms with Gasteiger partial charge < -0.3 is 5.32 Å². The van der Waals surface area contributed by atoms with Crippen molar-refractivity contribution in [1.82, 2.24) is 10.2 Å². The molecular formula is C18H27N3O4S. The maximum atomic E-state index is 12.4. The van der Waals surface area contributed by atoms with E-state index in [4.69, 9.17) is 0 Å². The van der Waals surface area contributed by atoms with Gasteiger partial charge in [0, 0.05) is 18.2 Å². The van der Waals surface area contributed by atoms with Crippen LogP contribution in [-0.2, 0) is 14.8 Å². The van der Waals surface area contributed by atoms with Gasteiger partial charge in [0.25, 0.3) is 5.91 Å². The van der Waals surface area contributed by atoms with E-state index < -0.39 is 21.8 Å². The number of nitrogens with one attached hydrogen (secondary N) is 1. The second-order valence-corrected chi connectivity index (χ2v) is 8.48. The maximum absolute atomic E-state index is 12.4. The maximum Gasteiger partial charge on any atom is 0.251 e. The molecule has 1 N–H and O–H groups in total. The van der Waals surface area contributed by atoms with Crippen LogP contribution in [0.2, 0.25) is 0 Å². The number of hydrogen-bond acceptors (Lipinski definition) is 5. The molecule has 2 atom stereocenters. The molecule has 0 radical (unpaired) electrons. The van der Waals surface area contributed by atoms with Crippen molar-refractivity contribution in [2.75, 3.05) is 29.7 Å². The largest absolute Gasteiger partial charge is 0.350 e. The van der Waals surface area contributed by atoms with Crippen LogP contribution >= 0.6 is 0 Å². The van der Waals surface area contributed by atoms with Crippen LogP contribution < -0.4 is 9.62 Å². The summed E-state index contributed by atoms with van der Waals surface area (Å²) in [6.07, 6.45) is 0. The lowest BCUT2D eigenvalue weighted by Crippen LogP contribution is -2.42. The number of likely N-dealkylation sites (N-methyl/N-ethyl adjacent to an activating group) is 1. The Balaban J connectivity index is 2.14. The number of anilines is 1. The summed E-state index contributed by atoms with van der Waals surface area (Å²) in [5.74, 6) is -1.53. The van der Waals surface area contributed by atoms with Crippen molar-refractivity contribution < 1.29 is 18.0 Å². The molecule has 1 aliphatic rings. The van der Waals surface area contributed by atoms with Crippen molar-refractivity contribution in [1.29, 1.82) is 0 Å². The SMILES string of the molecule is CCN(CC)C(C)CNC(=O)c1cccc(N2C(=O)C(C)CS2(=O)=O)c1. The van der Waals surface area contributed by atoms with Crippen LogP contribution in [0.25, 0.3) is 0 Å². The second kappa shape index (κ2) is 8.18. The standard InChI is InChI=1S/C18H27N3O4S/c1-5-20(6-2)14(4)11-19-17(22)15-8-7-9-16(10-15)21-18(23)13(3)12-26(21,24)25/h7-10,13-14H,5-6,11-12H2,1-4H3,(H,19,22). The average Bonchev–Trinajstić information content (AvgIpc) is 2.81. The first-order valence-electron chi connectivity index (χ1n) is 8.90. The summed E-state index contributed by atoms with van der Waals surface area (Å²) in [5, 5.41) is 2.87. The van der Waals surface area contributed by atoms with Gasteiger partial charge in [-0.15, -0.1) is 0 Å². The van der Waals surface area contributed by atoms with Crippen molar-refractivity contribution in [3.63, 3.8) is 0 Å². The summed E-state index contributed by atoms with van der Waals surface area (Å²) >= 11 is 0. The highest BCUT2D eigenvalue weighted by Crippen LogP contribution is 2.28. The van der Waals surface area contributed by atoms with Gasteiger partial charge in [0.15, 0.2) is 0 Å². The highest BCUT2D eigenvalue weighted by molar-refractivity contribution is 7.94. The summed E-state index contributed by atoms with van der Waals surface area (Å²) in [6.45, 7) is 10.1. The van der Waals surface area contributed by atoms with Crippen LogP contribution in [0.4, 0.5) is 5.69 Å². The van der Waals surface area contributed by atoms with E-state index in [0.717, 1.165) is 17.4 Å². The number of carbonyl (C=O) groups excluding carboxylic acids is 2. The smallest absolute Gasteiger partial charge is 0.251 e. The Morgan fingerprint density at radius 2 is 2.00 bits per heavy atom. The zero-order valence-corrected chi connectivity index (χ0v) is 16.5. The van der Waals surface area contributed by atoms with E-state index in [1.807, 2.05) is 6.92 Å². The fourth-order valence-electron chi connectivity index (χ4n) is 3.18. The van der Waals surface area contributed by atoms with Crippen LogP contribution in [0, 0.1) is 5.92 Å². The van der Waals surface area contributed by atoms with Crippen LogP contribution in [0.1, 0.15) is 38.1 Å². The number of rotatable bonds is 7. The molecule has 1 heterocycles. The van der Waals surface area contributed by atoms with Crippen LogP contribution in [-0.4, -0.2) is 56.6 Å². The Bertz CT molecular complexity index is 774. The molecule has 0 saturated carbocycles. The van der Waals surface area contributed by atoms with Gasteiger partial charge in [0.05, 0.1) is 17.4 Å². The van der Waals surface area contributed by atoms with Crippen LogP contribution in [0.5, 0.6) is 0 Å². The minimum Gasteiger partial charge on any atom is -0.350 e. The van der Waals surface area contributed by atoms with Gasteiger partial charge in [0.2, 0.25) is 15.9 Å². The molecule has 0 aromatic heterocycles. The first-order chi connectivity index (χ1) is 12.2.